The predicted molar refractivity (Wildman–Crippen MR) is 73.5 cm³/mol. The maximum Gasteiger partial charge on any atom is 0.254 e. The van der Waals surface area contributed by atoms with Gasteiger partial charge in [-0.3, -0.25) is 9.78 Å². The van der Waals surface area contributed by atoms with Crippen LogP contribution < -0.4 is 0 Å². The van der Waals surface area contributed by atoms with Crippen molar-refractivity contribution in [3.8, 4) is 0 Å². The third-order valence-corrected chi connectivity index (χ3v) is 3.46. The molecule has 1 amide bonds. The second-order valence-electron chi connectivity index (χ2n) is 5.18. The van der Waals surface area contributed by atoms with E-state index in [1.807, 2.05) is 12.1 Å². The Morgan fingerprint density at radius 3 is 2.33 bits per heavy atom. The topological polar surface area (TPSA) is 33.2 Å². The molecule has 5 heteroatoms. The van der Waals surface area contributed by atoms with E-state index in [1.165, 1.54) is 0 Å². The van der Waals surface area contributed by atoms with E-state index in [2.05, 4.69) is 4.98 Å². The minimum Gasteiger partial charge on any atom is -0.331 e. The zero-order chi connectivity index (χ0) is 14.8. The summed E-state index contributed by atoms with van der Waals surface area (Å²) in [5.74, 6) is -1.82. The third kappa shape index (κ3) is 3.24. The van der Waals surface area contributed by atoms with Gasteiger partial charge in [-0.05, 0) is 42.7 Å². The Labute approximate surface area is 121 Å². The molecule has 1 saturated carbocycles. The highest BCUT2D eigenvalue weighted by molar-refractivity contribution is 5.94. The van der Waals surface area contributed by atoms with Crippen LogP contribution in [0.2, 0.25) is 0 Å². The molecule has 1 fully saturated rings. The van der Waals surface area contributed by atoms with Crippen molar-refractivity contribution in [2.24, 2.45) is 0 Å². The molecule has 1 aliphatic rings. The number of amides is 1. The number of nitrogens with zero attached hydrogens (tertiary/aromatic N) is 2. The van der Waals surface area contributed by atoms with Gasteiger partial charge in [-0.2, -0.15) is 0 Å². The number of carbonyl (C=O) groups excluding carboxylic acids is 1. The van der Waals surface area contributed by atoms with Crippen LogP contribution in [0.4, 0.5) is 8.78 Å². The second kappa shape index (κ2) is 5.60. The summed E-state index contributed by atoms with van der Waals surface area (Å²) in [4.78, 5) is 18.1. The van der Waals surface area contributed by atoms with Crippen LogP contribution in [-0.4, -0.2) is 21.8 Å². The zero-order valence-electron chi connectivity index (χ0n) is 11.3. The normalized spacial score (nSPS) is 14.0. The number of hydrogen-bond donors (Lipinski definition) is 0. The summed E-state index contributed by atoms with van der Waals surface area (Å²) in [5, 5.41) is 0. The second-order valence-corrected chi connectivity index (χ2v) is 5.18. The summed E-state index contributed by atoms with van der Waals surface area (Å²) in [6, 6.07) is 6.72. The van der Waals surface area contributed by atoms with Gasteiger partial charge in [0.05, 0.1) is 0 Å². The SMILES string of the molecule is O=C(c1cc(F)cc(F)c1)N(Cc1ccncc1)C1CC1. The number of hydrogen-bond acceptors (Lipinski definition) is 2. The molecular formula is C16H14F2N2O. The highest BCUT2D eigenvalue weighted by Gasteiger charge is 2.33. The lowest BCUT2D eigenvalue weighted by molar-refractivity contribution is 0.0729. The van der Waals surface area contributed by atoms with Crippen molar-refractivity contribution >= 4 is 5.91 Å². The predicted octanol–water partition coefficient (Wildman–Crippen LogP) is 3.16. The molecule has 1 aromatic carbocycles. The lowest BCUT2D eigenvalue weighted by atomic mass is 10.1. The number of benzene rings is 1. The minimum atomic E-state index is -0.738. The quantitative estimate of drug-likeness (QED) is 0.865. The van der Waals surface area contributed by atoms with E-state index in [-0.39, 0.29) is 17.5 Å². The van der Waals surface area contributed by atoms with E-state index >= 15 is 0 Å². The van der Waals surface area contributed by atoms with Gasteiger partial charge in [-0.15, -0.1) is 0 Å². The van der Waals surface area contributed by atoms with Crippen molar-refractivity contribution in [1.29, 1.82) is 0 Å². The van der Waals surface area contributed by atoms with Crippen molar-refractivity contribution in [1.82, 2.24) is 9.88 Å². The van der Waals surface area contributed by atoms with Gasteiger partial charge in [-0.1, -0.05) is 0 Å². The lowest BCUT2D eigenvalue weighted by Crippen LogP contribution is -2.32. The molecule has 0 radical (unpaired) electrons. The maximum absolute atomic E-state index is 13.3. The van der Waals surface area contributed by atoms with Crippen LogP contribution in [0.25, 0.3) is 0 Å². The highest BCUT2D eigenvalue weighted by Crippen LogP contribution is 2.30. The molecule has 2 aromatic rings. The number of aromatic nitrogens is 1. The van der Waals surface area contributed by atoms with E-state index in [4.69, 9.17) is 0 Å². The number of rotatable bonds is 4. The molecule has 0 saturated heterocycles. The van der Waals surface area contributed by atoms with Crippen LogP contribution in [0, 0.1) is 11.6 Å². The van der Waals surface area contributed by atoms with Crippen LogP contribution in [0.3, 0.4) is 0 Å². The number of carbonyl (C=O) groups is 1. The Kier molecular flexibility index (Phi) is 3.64. The largest absolute Gasteiger partial charge is 0.331 e. The number of pyridine rings is 1. The molecule has 3 rings (SSSR count). The molecule has 1 aliphatic carbocycles. The molecule has 0 spiro atoms. The highest BCUT2D eigenvalue weighted by atomic mass is 19.1. The van der Waals surface area contributed by atoms with Gasteiger partial charge in [0.2, 0.25) is 0 Å². The molecular weight excluding hydrogens is 274 g/mol. The Balaban J connectivity index is 1.85. The monoisotopic (exact) mass is 288 g/mol. The van der Waals surface area contributed by atoms with Crippen molar-refractivity contribution in [3.05, 3.63) is 65.5 Å². The molecule has 108 valence electrons. The fraction of sp³-hybridized carbons (Fsp3) is 0.250. The van der Waals surface area contributed by atoms with Crippen LogP contribution in [-0.2, 0) is 6.54 Å². The third-order valence-electron chi connectivity index (χ3n) is 3.46. The Bertz CT molecular complexity index is 636. The first-order valence-electron chi connectivity index (χ1n) is 6.79. The van der Waals surface area contributed by atoms with E-state index in [0.29, 0.717) is 6.54 Å². The van der Waals surface area contributed by atoms with E-state index < -0.39 is 11.6 Å². The molecule has 1 heterocycles. The van der Waals surface area contributed by atoms with Gasteiger partial charge < -0.3 is 4.90 Å². The van der Waals surface area contributed by atoms with E-state index in [9.17, 15) is 13.6 Å². The summed E-state index contributed by atoms with van der Waals surface area (Å²) in [6.07, 6.45) is 5.17. The first-order chi connectivity index (χ1) is 10.1. The average molecular weight is 288 g/mol. The average Bonchev–Trinajstić information content (AvgIpc) is 3.29. The van der Waals surface area contributed by atoms with Crippen molar-refractivity contribution in [2.75, 3.05) is 0 Å². The maximum atomic E-state index is 13.3. The van der Waals surface area contributed by atoms with Crippen LogP contribution >= 0.6 is 0 Å². The Morgan fingerprint density at radius 1 is 1.14 bits per heavy atom. The molecule has 0 bridgehead atoms. The summed E-state index contributed by atoms with van der Waals surface area (Å²) in [5.41, 5.74) is 0.996. The molecule has 0 atom stereocenters. The lowest BCUT2D eigenvalue weighted by Gasteiger charge is -2.22. The molecule has 21 heavy (non-hydrogen) atoms. The van der Waals surface area contributed by atoms with Crippen molar-refractivity contribution in [3.63, 3.8) is 0 Å². The van der Waals surface area contributed by atoms with Gasteiger partial charge >= 0.3 is 0 Å². The smallest absolute Gasteiger partial charge is 0.254 e. The standard InChI is InChI=1S/C16H14F2N2O/c17-13-7-12(8-14(18)9-13)16(21)20(15-1-2-15)10-11-3-5-19-6-4-11/h3-9,15H,1-2,10H2. The first-order valence-corrected chi connectivity index (χ1v) is 6.79. The fourth-order valence-electron chi connectivity index (χ4n) is 2.28. The summed E-state index contributed by atoms with van der Waals surface area (Å²) < 4.78 is 26.6. The summed E-state index contributed by atoms with van der Waals surface area (Å²) in [7, 11) is 0. The summed E-state index contributed by atoms with van der Waals surface area (Å²) in [6.45, 7) is 0.421. The van der Waals surface area contributed by atoms with E-state index in [0.717, 1.165) is 36.6 Å². The van der Waals surface area contributed by atoms with Gasteiger partial charge in [-0.25, -0.2) is 8.78 Å². The van der Waals surface area contributed by atoms with Gasteiger partial charge in [0.15, 0.2) is 0 Å². The van der Waals surface area contributed by atoms with Crippen molar-refractivity contribution in [2.45, 2.75) is 25.4 Å². The molecule has 3 nitrogen and oxygen atoms in total. The van der Waals surface area contributed by atoms with Crippen molar-refractivity contribution < 1.29 is 13.6 Å². The zero-order valence-corrected chi connectivity index (χ0v) is 11.3. The molecule has 0 aliphatic heterocycles. The van der Waals surface area contributed by atoms with Crippen LogP contribution in [0.5, 0.6) is 0 Å². The molecule has 1 aromatic heterocycles. The van der Waals surface area contributed by atoms with Gasteiger partial charge in [0.1, 0.15) is 11.6 Å². The Morgan fingerprint density at radius 2 is 1.76 bits per heavy atom. The van der Waals surface area contributed by atoms with Gasteiger partial charge in [0, 0.05) is 36.6 Å². The summed E-state index contributed by atoms with van der Waals surface area (Å²) >= 11 is 0. The Hall–Kier alpha value is -2.30. The van der Waals surface area contributed by atoms with Gasteiger partial charge in [0.25, 0.3) is 5.91 Å². The molecule has 0 N–H and O–H groups in total. The number of halogens is 2. The van der Waals surface area contributed by atoms with E-state index in [1.54, 1.807) is 17.3 Å². The minimum absolute atomic E-state index is 0.0495. The first kappa shape index (κ1) is 13.7. The van der Waals surface area contributed by atoms with Crippen LogP contribution in [0.1, 0.15) is 28.8 Å². The van der Waals surface area contributed by atoms with Crippen LogP contribution in [0.15, 0.2) is 42.7 Å². The molecule has 0 unspecified atom stereocenters. The fourth-order valence-corrected chi connectivity index (χ4v) is 2.28.